The third-order valence-electron chi connectivity index (χ3n) is 3.88. The minimum atomic E-state index is -0.584. The van der Waals surface area contributed by atoms with Gasteiger partial charge >= 0.3 is 5.63 Å². The Balaban J connectivity index is 2.03. The fraction of sp³-hybridized carbons (Fsp3) is 0.100. The Morgan fingerprint density at radius 2 is 1.92 bits per heavy atom. The number of fused-ring (bicyclic) bond motifs is 1. The summed E-state index contributed by atoms with van der Waals surface area (Å²) in [7, 11) is 3.08. The normalized spacial score (nSPS) is 11.8. The summed E-state index contributed by atoms with van der Waals surface area (Å²) in [5.41, 5.74) is 0.826. The van der Waals surface area contributed by atoms with Crippen LogP contribution in [-0.4, -0.2) is 25.1 Å². The molecule has 0 bridgehead atoms. The van der Waals surface area contributed by atoms with E-state index in [-0.39, 0.29) is 11.3 Å². The van der Waals surface area contributed by atoms with Crippen molar-refractivity contribution < 1.29 is 19.1 Å². The maximum Gasteiger partial charge on any atom is 0.345 e. The first-order chi connectivity index (χ1) is 12.7. The first-order valence-electron chi connectivity index (χ1n) is 7.82. The van der Waals surface area contributed by atoms with Crippen molar-refractivity contribution >= 4 is 22.8 Å². The van der Waals surface area contributed by atoms with Gasteiger partial charge in [-0.15, -0.1) is 0 Å². The van der Waals surface area contributed by atoms with E-state index in [9.17, 15) is 10.0 Å². The van der Waals surface area contributed by atoms with Gasteiger partial charge in [0.2, 0.25) is 0 Å². The highest BCUT2D eigenvalue weighted by Crippen LogP contribution is 2.31. The Kier molecular flexibility index (Phi) is 5.03. The number of hydrogen-bond donors (Lipinski definition) is 1. The van der Waals surface area contributed by atoms with Crippen molar-refractivity contribution in [2.75, 3.05) is 14.2 Å². The van der Waals surface area contributed by atoms with Crippen LogP contribution in [0.15, 0.2) is 69.0 Å². The third-order valence-corrected chi connectivity index (χ3v) is 3.88. The number of allylic oxidation sites excluding steroid dienone is 1. The summed E-state index contributed by atoms with van der Waals surface area (Å²) in [4.78, 5) is 12.2. The van der Waals surface area contributed by atoms with Crippen molar-refractivity contribution in [2.45, 2.75) is 0 Å². The van der Waals surface area contributed by atoms with E-state index in [1.807, 2.05) is 18.2 Å². The molecule has 0 fully saturated rings. The summed E-state index contributed by atoms with van der Waals surface area (Å²) < 4.78 is 15.9. The van der Waals surface area contributed by atoms with Crippen molar-refractivity contribution in [3.8, 4) is 11.5 Å². The Morgan fingerprint density at radius 3 is 2.65 bits per heavy atom. The van der Waals surface area contributed by atoms with E-state index in [0.29, 0.717) is 22.6 Å². The maximum absolute atomic E-state index is 12.2. The van der Waals surface area contributed by atoms with Gasteiger partial charge in [-0.05, 0) is 30.4 Å². The molecule has 6 heteroatoms. The molecule has 0 unspecified atom stereocenters. The van der Waals surface area contributed by atoms with E-state index in [1.54, 1.807) is 43.5 Å². The van der Waals surface area contributed by atoms with Crippen molar-refractivity contribution in [1.29, 1.82) is 0 Å². The molecule has 1 heterocycles. The minimum absolute atomic E-state index is 0.0781. The zero-order valence-corrected chi connectivity index (χ0v) is 14.3. The molecule has 0 saturated heterocycles. The monoisotopic (exact) mass is 351 g/mol. The summed E-state index contributed by atoms with van der Waals surface area (Å²) >= 11 is 0. The summed E-state index contributed by atoms with van der Waals surface area (Å²) in [5, 5.41) is 13.4. The molecular formula is C20H17NO5. The summed E-state index contributed by atoms with van der Waals surface area (Å²) in [6.07, 6.45) is 3.18. The fourth-order valence-corrected chi connectivity index (χ4v) is 2.63. The standard InChI is InChI=1S/C20H17NO5/c1-24-18-9-5-7-13(19(18)25-2)10-11-16(21-23)15-12-14-6-3-4-8-17(14)26-20(15)22/h3-12,23H,1-2H3/b11-10+,21-16-. The van der Waals surface area contributed by atoms with Crippen LogP contribution in [0.3, 0.4) is 0 Å². The maximum atomic E-state index is 12.2. The topological polar surface area (TPSA) is 81.3 Å². The molecule has 0 aliphatic carbocycles. The quantitative estimate of drug-likeness (QED) is 0.328. The number of oxime groups is 1. The molecular weight excluding hydrogens is 334 g/mol. The van der Waals surface area contributed by atoms with Gasteiger partial charge in [-0.3, -0.25) is 0 Å². The number of para-hydroxylation sites is 2. The molecule has 3 aromatic rings. The lowest BCUT2D eigenvalue weighted by atomic mass is 10.1. The second-order valence-electron chi connectivity index (χ2n) is 5.39. The predicted octanol–water partition coefficient (Wildman–Crippen LogP) is 3.70. The van der Waals surface area contributed by atoms with Crippen LogP contribution in [0.2, 0.25) is 0 Å². The van der Waals surface area contributed by atoms with Crippen LogP contribution >= 0.6 is 0 Å². The van der Waals surface area contributed by atoms with E-state index < -0.39 is 5.63 Å². The molecule has 1 N–H and O–H groups in total. The SMILES string of the molecule is COc1cccc(/C=C/C(=N/O)c2cc3ccccc3oc2=O)c1OC. The van der Waals surface area contributed by atoms with Crippen LogP contribution in [0.25, 0.3) is 17.0 Å². The van der Waals surface area contributed by atoms with E-state index in [1.165, 1.54) is 13.2 Å². The highest BCUT2D eigenvalue weighted by molar-refractivity contribution is 6.11. The van der Waals surface area contributed by atoms with Gasteiger partial charge in [0.15, 0.2) is 11.5 Å². The first kappa shape index (κ1) is 17.3. The Morgan fingerprint density at radius 1 is 1.12 bits per heavy atom. The summed E-state index contributed by atoms with van der Waals surface area (Å²) in [5.74, 6) is 1.11. The second kappa shape index (κ2) is 7.57. The van der Waals surface area contributed by atoms with Gasteiger partial charge in [-0.1, -0.05) is 35.5 Å². The van der Waals surface area contributed by atoms with E-state index in [4.69, 9.17) is 13.9 Å². The lowest BCUT2D eigenvalue weighted by Gasteiger charge is -2.09. The number of nitrogens with zero attached hydrogens (tertiary/aromatic N) is 1. The number of benzene rings is 2. The van der Waals surface area contributed by atoms with Crippen LogP contribution in [0.5, 0.6) is 11.5 Å². The molecule has 6 nitrogen and oxygen atoms in total. The zero-order chi connectivity index (χ0) is 18.5. The van der Waals surface area contributed by atoms with Gasteiger partial charge < -0.3 is 19.1 Å². The molecule has 26 heavy (non-hydrogen) atoms. The van der Waals surface area contributed by atoms with Gasteiger partial charge in [-0.2, -0.15) is 0 Å². The average molecular weight is 351 g/mol. The predicted molar refractivity (Wildman–Crippen MR) is 99.4 cm³/mol. The largest absolute Gasteiger partial charge is 0.493 e. The number of rotatable bonds is 5. The zero-order valence-electron chi connectivity index (χ0n) is 14.3. The molecule has 2 aromatic carbocycles. The number of hydrogen-bond acceptors (Lipinski definition) is 6. The Labute approximate surface area is 149 Å². The molecule has 1 aromatic heterocycles. The molecule has 0 amide bonds. The van der Waals surface area contributed by atoms with E-state index >= 15 is 0 Å². The fourth-order valence-electron chi connectivity index (χ4n) is 2.63. The van der Waals surface area contributed by atoms with E-state index in [2.05, 4.69) is 5.16 Å². The van der Waals surface area contributed by atoms with Gasteiger partial charge in [0.05, 0.1) is 19.8 Å². The van der Waals surface area contributed by atoms with Crippen LogP contribution in [0, 0.1) is 0 Å². The summed E-state index contributed by atoms with van der Waals surface area (Å²) in [6, 6.07) is 14.1. The number of methoxy groups -OCH3 is 2. The summed E-state index contributed by atoms with van der Waals surface area (Å²) in [6.45, 7) is 0. The van der Waals surface area contributed by atoms with Crippen LogP contribution in [0.1, 0.15) is 11.1 Å². The van der Waals surface area contributed by atoms with Crippen molar-refractivity contribution in [1.82, 2.24) is 0 Å². The third kappa shape index (κ3) is 3.30. The molecule has 0 saturated carbocycles. The molecule has 3 rings (SSSR count). The number of ether oxygens (including phenoxy) is 2. The molecule has 0 atom stereocenters. The molecule has 0 aliphatic heterocycles. The Bertz CT molecular complexity index is 1050. The molecule has 0 spiro atoms. The lowest BCUT2D eigenvalue weighted by molar-refractivity contribution is 0.319. The van der Waals surface area contributed by atoms with Gasteiger partial charge in [0, 0.05) is 10.9 Å². The van der Waals surface area contributed by atoms with Crippen molar-refractivity contribution in [3.05, 3.63) is 76.2 Å². The van der Waals surface area contributed by atoms with Crippen molar-refractivity contribution in [2.24, 2.45) is 5.16 Å². The second-order valence-corrected chi connectivity index (χ2v) is 5.39. The Hall–Kier alpha value is -3.54. The van der Waals surface area contributed by atoms with Gasteiger partial charge in [-0.25, -0.2) is 4.79 Å². The average Bonchev–Trinajstić information content (AvgIpc) is 2.68. The van der Waals surface area contributed by atoms with Gasteiger partial charge in [0.25, 0.3) is 0 Å². The molecule has 0 radical (unpaired) electrons. The highest BCUT2D eigenvalue weighted by Gasteiger charge is 2.12. The van der Waals surface area contributed by atoms with Crippen LogP contribution in [-0.2, 0) is 0 Å². The minimum Gasteiger partial charge on any atom is -0.493 e. The smallest absolute Gasteiger partial charge is 0.345 e. The molecule has 0 aliphatic rings. The van der Waals surface area contributed by atoms with Crippen LogP contribution in [0.4, 0.5) is 0 Å². The lowest BCUT2D eigenvalue weighted by Crippen LogP contribution is -2.13. The van der Waals surface area contributed by atoms with Gasteiger partial charge in [0.1, 0.15) is 11.3 Å². The van der Waals surface area contributed by atoms with Crippen LogP contribution < -0.4 is 15.1 Å². The van der Waals surface area contributed by atoms with Crippen molar-refractivity contribution in [3.63, 3.8) is 0 Å². The molecule has 132 valence electrons. The van der Waals surface area contributed by atoms with E-state index in [0.717, 1.165) is 5.39 Å². The first-order valence-corrected chi connectivity index (χ1v) is 7.82. The highest BCUT2D eigenvalue weighted by atomic mass is 16.5.